The molecule has 0 saturated carbocycles. The number of phenols is 1. The number of carbonyl (C=O) groups excluding carboxylic acids is 1. The van der Waals surface area contributed by atoms with Gasteiger partial charge in [0.1, 0.15) is 12.3 Å². The predicted octanol–water partition coefficient (Wildman–Crippen LogP) is 4.04. The molecule has 0 aliphatic carbocycles. The number of hydrazone groups is 1. The van der Waals surface area contributed by atoms with E-state index in [4.69, 9.17) is 23.2 Å². The third kappa shape index (κ3) is 5.35. The maximum absolute atomic E-state index is 13.2. The van der Waals surface area contributed by atoms with Crippen LogP contribution in [0.4, 0.5) is 5.69 Å². The lowest BCUT2D eigenvalue weighted by atomic mass is 10.2. The molecule has 0 atom stereocenters. The van der Waals surface area contributed by atoms with Crippen molar-refractivity contribution in [3.8, 4) is 5.75 Å². The van der Waals surface area contributed by atoms with Crippen LogP contribution < -0.4 is 9.73 Å². The summed E-state index contributed by atoms with van der Waals surface area (Å²) < 4.78 is 27.4. The Balaban J connectivity index is 1.89. The van der Waals surface area contributed by atoms with Gasteiger partial charge >= 0.3 is 0 Å². The molecule has 3 aromatic rings. The third-order valence-electron chi connectivity index (χ3n) is 4.15. The van der Waals surface area contributed by atoms with Crippen molar-refractivity contribution in [3.63, 3.8) is 0 Å². The number of nitrogens with one attached hydrogen (secondary N) is 1. The van der Waals surface area contributed by atoms with E-state index in [1.807, 2.05) is 0 Å². The Morgan fingerprint density at radius 2 is 1.68 bits per heavy atom. The average molecular weight is 478 g/mol. The number of para-hydroxylation sites is 1. The lowest BCUT2D eigenvalue weighted by Crippen LogP contribution is -2.39. The van der Waals surface area contributed by atoms with E-state index in [9.17, 15) is 18.3 Å². The minimum absolute atomic E-state index is 0.00539. The Kier molecular flexibility index (Phi) is 7.17. The van der Waals surface area contributed by atoms with Crippen molar-refractivity contribution in [2.24, 2.45) is 5.10 Å². The van der Waals surface area contributed by atoms with Crippen LogP contribution in [0.1, 0.15) is 5.56 Å². The van der Waals surface area contributed by atoms with Crippen LogP contribution in [0.15, 0.2) is 82.8 Å². The Bertz CT molecular complexity index is 1220. The van der Waals surface area contributed by atoms with Gasteiger partial charge in [0.25, 0.3) is 15.9 Å². The SMILES string of the molecule is O=C(CN(c1cccc(Cl)c1Cl)S(=O)(=O)c1ccccc1)N/N=C\c1ccccc1O. The normalized spacial score (nSPS) is 11.4. The van der Waals surface area contributed by atoms with E-state index >= 15 is 0 Å². The Morgan fingerprint density at radius 1 is 1.00 bits per heavy atom. The zero-order valence-corrected chi connectivity index (χ0v) is 18.3. The van der Waals surface area contributed by atoms with Gasteiger partial charge in [-0.1, -0.05) is 59.6 Å². The molecule has 0 bridgehead atoms. The number of halogens is 2. The van der Waals surface area contributed by atoms with Gasteiger partial charge in [-0.15, -0.1) is 0 Å². The first kappa shape index (κ1) is 22.6. The zero-order valence-electron chi connectivity index (χ0n) is 15.9. The maximum atomic E-state index is 13.2. The second-order valence-electron chi connectivity index (χ2n) is 6.25. The molecule has 0 heterocycles. The van der Waals surface area contributed by atoms with Crippen LogP contribution in [0, 0.1) is 0 Å². The number of hydrogen-bond acceptors (Lipinski definition) is 5. The van der Waals surface area contributed by atoms with Crippen molar-refractivity contribution >= 4 is 51.0 Å². The van der Waals surface area contributed by atoms with Gasteiger partial charge in [-0.2, -0.15) is 5.10 Å². The molecule has 0 aliphatic rings. The summed E-state index contributed by atoms with van der Waals surface area (Å²) in [6, 6.07) is 18.5. The quantitative estimate of drug-likeness (QED) is 0.396. The van der Waals surface area contributed by atoms with Crippen LogP contribution in [0.5, 0.6) is 5.75 Å². The molecule has 0 aliphatic heterocycles. The monoisotopic (exact) mass is 477 g/mol. The van der Waals surface area contributed by atoms with Gasteiger partial charge in [0.05, 0.1) is 26.8 Å². The molecule has 2 N–H and O–H groups in total. The highest BCUT2D eigenvalue weighted by Crippen LogP contribution is 2.35. The fourth-order valence-corrected chi connectivity index (χ4v) is 4.54. The molecule has 3 aromatic carbocycles. The molecule has 0 spiro atoms. The fraction of sp³-hybridized carbons (Fsp3) is 0.0476. The van der Waals surface area contributed by atoms with Gasteiger partial charge < -0.3 is 5.11 Å². The summed E-state index contributed by atoms with van der Waals surface area (Å²) >= 11 is 12.3. The van der Waals surface area contributed by atoms with E-state index in [1.54, 1.807) is 36.4 Å². The molecule has 0 aromatic heterocycles. The van der Waals surface area contributed by atoms with Gasteiger partial charge in [-0.05, 0) is 36.4 Å². The highest BCUT2D eigenvalue weighted by Gasteiger charge is 2.29. The second-order valence-corrected chi connectivity index (χ2v) is 8.90. The topological polar surface area (TPSA) is 99.1 Å². The highest BCUT2D eigenvalue weighted by molar-refractivity contribution is 7.92. The van der Waals surface area contributed by atoms with Crippen molar-refractivity contribution in [1.82, 2.24) is 5.43 Å². The molecule has 10 heteroatoms. The van der Waals surface area contributed by atoms with Gasteiger partial charge in [0.2, 0.25) is 0 Å². The number of amides is 1. The van der Waals surface area contributed by atoms with E-state index in [0.717, 1.165) is 4.31 Å². The van der Waals surface area contributed by atoms with Crippen LogP contribution in [-0.2, 0) is 14.8 Å². The fourth-order valence-electron chi connectivity index (χ4n) is 2.64. The number of phenolic OH excluding ortho intramolecular Hbond substituents is 1. The summed E-state index contributed by atoms with van der Waals surface area (Å²) in [6.07, 6.45) is 1.25. The van der Waals surface area contributed by atoms with Gasteiger partial charge in [-0.3, -0.25) is 9.10 Å². The number of benzene rings is 3. The lowest BCUT2D eigenvalue weighted by Gasteiger charge is -2.24. The number of sulfonamides is 1. The number of rotatable bonds is 7. The Hall–Kier alpha value is -3.07. The largest absolute Gasteiger partial charge is 0.507 e. The number of carbonyl (C=O) groups is 1. The summed E-state index contributed by atoms with van der Waals surface area (Å²) in [6.45, 7) is -0.602. The first-order chi connectivity index (χ1) is 14.8. The van der Waals surface area contributed by atoms with Crippen molar-refractivity contribution < 1.29 is 18.3 Å². The number of anilines is 1. The first-order valence-corrected chi connectivity index (χ1v) is 11.1. The summed E-state index contributed by atoms with van der Waals surface area (Å²) in [7, 11) is -4.13. The lowest BCUT2D eigenvalue weighted by molar-refractivity contribution is -0.119. The summed E-state index contributed by atoms with van der Waals surface area (Å²) in [4.78, 5) is 12.5. The number of nitrogens with zero attached hydrogens (tertiary/aromatic N) is 2. The molecule has 31 heavy (non-hydrogen) atoms. The van der Waals surface area contributed by atoms with Crippen molar-refractivity contribution in [3.05, 3.63) is 88.4 Å². The van der Waals surface area contributed by atoms with Gasteiger partial charge in [-0.25, -0.2) is 13.8 Å². The minimum Gasteiger partial charge on any atom is -0.507 e. The van der Waals surface area contributed by atoms with Crippen LogP contribution in [0.2, 0.25) is 10.0 Å². The number of hydrogen-bond donors (Lipinski definition) is 2. The maximum Gasteiger partial charge on any atom is 0.264 e. The zero-order chi connectivity index (χ0) is 22.4. The first-order valence-electron chi connectivity index (χ1n) is 8.92. The molecule has 0 fully saturated rings. The van der Waals surface area contributed by atoms with E-state index in [-0.39, 0.29) is 26.4 Å². The van der Waals surface area contributed by atoms with Crippen molar-refractivity contribution in [1.29, 1.82) is 0 Å². The molecule has 160 valence electrons. The molecule has 0 saturated heterocycles. The summed E-state index contributed by atoms with van der Waals surface area (Å²) in [5, 5.41) is 13.7. The summed E-state index contributed by atoms with van der Waals surface area (Å²) in [5.41, 5.74) is 2.69. The second kappa shape index (κ2) is 9.82. The van der Waals surface area contributed by atoms with Crippen LogP contribution in [-0.4, -0.2) is 32.2 Å². The van der Waals surface area contributed by atoms with Crippen LogP contribution in [0.3, 0.4) is 0 Å². The molecular formula is C21H17Cl2N3O4S. The third-order valence-corrected chi connectivity index (χ3v) is 6.73. The predicted molar refractivity (Wildman–Crippen MR) is 121 cm³/mol. The van der Waals surface area contributed by atoms with E-state index < -0.39 is 22.5 Å². The van der Waals surface area contributed by atoms with Crippen molar-refractivity contribution in [2.45, 2.75) is 4.90 Å². The molecular weight excluding hydrogens is 461 g/mol. The molecule has 0 unspecified atom stereocenters. The van der Waals surface area contributed by atoms with Gasteiger partial charge in [0, 0.05) is 5.56 Å². The Labute approximate surface area is 189 Å². The van der Waals surface area contributed by atoms with Gasteiger partial charge in [0.15, 0.2) is 0 Å². The average Bonchev–Trinajstić information content (AvgIpc) is 2.76. The van der Waals surface area contributed by atoms with Crippen LogP contribution >= 0.6 is 23.2 Å². The molecule has 7 nitrogen and oxygen atoms in total. The Morgan fingerprint density at radius 3 is 2.39 bits per heavy atom. The summed E-state index contributed by atoms with van der Waals surface area (Å²) in [5.74, 6) is -0.735. The van der Waals surface area contributed by atoms with Crippen LogP contribution in [0.25, 0.3) is 0 Å². The highest BCUT2D eigenvalue weighted by atomic mass is 35.5. The number of aromatic hydroxyl groups is 1. The standard InChI is InChI=1S/C21H17Cl2N3O4S/c22-17-10-6-11-18(21(17)23)26(31(29,30)16-8-2-1-3-9-16)14-20(28)25-24-13-15-7-4-5-12-19(15)27/h1-13,27H,14H2,(H,25,28)/b24-13-. The molecule has 1 amide bonds. The van der Waals surface area contributed by atoms with E-state index in [1.165, 1.54) is 42.6 Å². The smallest absolute Gasteiger partial charge is 0.264 e. The molecule has 3 rings (SSSR count). The minimum atomic E-state index is -4.13. The van der Waals surface area contributed by atoms with E-state index in [2.05, 4.69) is 10.5 Å². The molecule has 0 radical (unpaired) electrons. The van der Waals surface area contributed by atoms with E-state index in [0.29, 0.717) is 5.56 Å². The van der Waals surface area contributed by atoms with Crippen molar-refractivity contribution in [2.75, 3.05) is 10.8 Å².